The predicted molar refractivity (Wildman–Crippen MR) is 119 cm³/mol. The maximum atomic E-state index is 13.3. The van der Waals surface area contributed by atoms with E-state index in [9.17, 15) is 9.59 Å². The largest absolute Gasteiger partial charge is 0.496 e. The number of carbonyl (C=O) groups excluding carboxylic acids is 2. The molecular formula is C26H31NO4. The molecule has 2 aromatic rings. The van der Waals surface area contributed by atoms with Crippen LogP contribution in [-0.4, -0.2) is 36.0 Å². The van der Waals surface area contributed by atoms with Crippen LogP contribution < -0.4 is 4.74 Å². The standard InChI is InChI=1S/C26H31NO4/c1-17-12-20(13-18(2)25(17)30-3)24(28)21-14-22-10-7-11-23(15-21)27(22)26(29)31-16-19-8-5-4-6-9-19/h4-6,8-9,12-13,21-23H,7,10-11,14-16H2,1-3H3. The van der Waals surface area contributed by atoms with Crippen LogP contribution in [0.15, 0.2) is 42.5 Å². The van der Waals surface area contributed by atoms with Crippen molar-refractivity contribution in [2.24, 2.45) is 5.92 Å². The van der Waals surface area contributed by atoms with E-state index in [1.165, 1.54) is 0 Å². The van der Waals surface area contributed by atoms with Gasteiger partial charge in [-0.3, -0.25) is 4.79 Å². The van der Waals surface area contributed by atoms with Crippen LogP contribution >= 0.6 is 0 Å². The SMILES string of the molecule is COc1c(C)cc(C(=O)C2CC3CCCC(C2)N3C(=O)OCc2ccccc2)cc1C. The first-order valence-electron chi connectivity index (χ1n) is 11.2. The van der Waals surface area contributed by atoms with E-state index in [4.69, 9.17) is 9.47 Å². The average Bonchev–Trinajstić information content (AvgIpc) is 2.76. The quantitative estimate of drug-likeness (QED) is 0.601. The Balaban J connectivity index is 1.45. The van der Waals surface area contributed by atoms with Gasteiger partial charge < -0.3 is 14.4 Å². The van der Waals surface area contributed by atoms with Gasteiger partial charge in [0.15, 0.2) is 5.78 Å². The smallest absolute Gasteiger partial charge is 0.410 e. The molecule has 2 atom stereocenters. The molecule has 0 radical (unpaired) electrons. The van der Waals surface area contributed by atoms with Crippen molar-refractivity contribution < 1.29 is 19.1 Å². The summed E-state index contributed by atoms with van der Waals surface area (Å²) in [6.45, 7) is 4.23. The minimum absolute atomic E-state index is 0.0549. The van der Waals surface area contributed by atoms with Crippen molar-refractivity contribution in [3.05, 3.63) is 64.7 Å². The number of Topliss-reactive ketones (excluding diaryl/α,β-unsaturated/α-hetero) is 1. The number of aryl methyl sites for hydroxylation is 2. The molecule has 2 saturated heterocycles. The fourth-order valence-corrected chi connectivity index (χ4v) is 5.34. The zero-order valence-corrected chi connectivity index (χ0v) is 18.6. The lowest BCUT2D eigenvalue weighted by molar-refractivity contribution is 0.00472. The van der Waals surface area contributed by atoms with Crippen molar-refractivity contribution in [1.82, 2.24) is 4.90 Å². The number of benzene rings is 2. The second-order valence-corrected chi connectivity index (χ2v) is 8.86. The Hall–Kier alpha value is -2.82. The van der Waals surface area contributed by atoms with Crippen molar-refractivity contribution in [3.63, 3.8) is 0 Å². The molecule has 0 aliphatic carbocycles. The molecule has 4 rings (SSSR count). The van der Waals surface area contributed by atoms with Crippen LogP contribution in [0.4, 0.5) is 4.79 Å². The van der Waals surface area contributed by atoms with Crippen LogP contribution in [0, 0.1) is 19.8 Å². The van der Waals surface area contributed by atoms with Crippen molar-refractivity contribution in [3.8, 4) is 5.75 Å². The predicted octanol–water partition coefficient (Wildman–Crippen LogP) is 5.46. The summed E-state index contributed by atoms with van der Waals surface area (Å²) < 4.78 is 11.1. The number of rotatable bonds is 5. The minimum atomic E-state index is -0.249. The first kappa shape index (κ1) is 21.4. The Morgan fingerprint density at radius 1 is 1.00 bits per heavy atom. The number of carbonyl (C=O) groups is 2. The van der Waals surface area contributed by atoms with Gasteiger partial charge in [-0.25, -0.2) is 4.79 Å². The Morgan fingerprint density at radius 3 is 2.19 bits per heavy atom. The molecule has 0 spiro atoms. The molecule has 0 saturated carbocycles. The maximum Gasteiger partial charge on any atom is 0.410 e. The molecule has 31 heavy (non-hydrogen) atoms. The van der Waals surface area contributed by atoms with E-state index < -0.39 is 0 Å². The number of nitrogens with zero attached hydrogens (tertiary/aromatic N) is 1. The molecule has 1 amide bonds. The molecule has 2 bridgehead atoms. The highest BCUT2D eigenvalue weighted by atomic mass is 16.6. The Labute approximate surface area is 184 Å². The summed E-state index contributed by atoms with van der Waals surface area (Å²) in [4.78, 5) is 28.2. The van der Waals surface area contributed by atoms with Crippen molar-refractivity contribution >= 4 is 11.9 Å². The van der Waals surface area contributed by atoms with Crippen LogP contribution in [-0.2, 0) is 11.3 Å². The summed E-state index contributed by atoms with van der Waals surface area (Å²) in [6.07, 6.45) is 4.13. The Kier molecular flexibility index (Phi) is 6.30. The number of ketones is 1. The lowest BCUT2D eigenvalue weighted by atomic mass is 9.75. The van der Waals surface area contributed by atoms with E-state index in [1.54, 1.807) is 7.11 Å². The third-order valence-corrected chi connectivity index (χ3v) is 6.71. The molecule has 5 heteroatoms. The molecule has 2 fully saturated rings. The summed E-state index contributed by atoms with van der Waals surface area (Å²) in [5.41, 5.74) is 3.69. The summed E-state index contributed by atoms with van der Waals surface area (Å²) in [5, 5.41) is 0. The zero-order valence-electron chi connectivity index (χ0n) is 18.6. The second-order valence-electron chi connectivity index (χ2n) is 8.86. The lowest BCUT2D eigenvalue weighted by Crippen LogP contribution is -2.55. The van der Waals surface area contributed by atoms with Gasteiger partial charge in [0.05, 0.1) is 7.11 Å². The zero-order chi connectivity index (χ0) is 22.0. The molecule has 2 aromatic carbocycles. The average molecular weight is 422 g/mol. The van der Waals surface area contributed by atoms with Crippen molar-refractivity contribution in [1.29, 1.82) is 0 Å². The number of amides is 1. The van der Waals surface area contributed by atoms with Crippen LogP contribution in [0.2, 0.25) is 0 Å². The van der Waals surface area contributed by atoms with E-state index in [-0.39, 0.29) is 36.5 Å². The molecule has 2 heterocycles. The maximum absolute atomic E-state index is 13.3. The number of hydrogen-bond donors (Lipinski definition) is 0. The molecule has 5 nitrogen and oxygen atoms in total. The number of piperidine rings is 2. The van der Waals surface area contributed by atoms with Gasteiger partial charge in [-0.15, -0.1) is 0 Å². The highest BCUT2D eigenvalue weighted by Gasteiger charge is 2.43. The Morgan fingerprint density at radius 2 is 1.61 bits per heavy atom. The first-order chi connectivity index (χ1) is 15.0. The van der Waals surface area contributed by atoms with Crippen LogP contribution in [0.25, 0.3) is 0 Å². The van der Waals surface area contributed by atoms with Crippen molar-refractivity contribution in [2.75, 3.05) is 7.11 Å². The third kappa shape index (κ3) is 4.46. The number of hydrogen-bond acceptors (Lipinski definition) is 4. The van der Waals surface area contributed by atoms with Gasteiger partial charge in [-0.1, -0.05) is 30.3 Å². The van der Waals surface area contributed by atoms with E-state index in [0.29, 0.717) is 12.8 Å². The van der Waals surface area contributed by atoms with Gasteiger partial charge >= 0.3 is 6.09 Å². The van der Waals surface area contributed by atoms with Gasteiger partial charge in [0.1, 0.15) is 12.4 Å². The number of ether oxygens (including phenoxy) is 2. The summed E-state index contributed by atoms with van der Waals surface area (Å²) in [6, 6.07) is 13.8. The number of fused-ring (bicyclic) bond motifs is 2. The van der Waals surface area contributed by atoms with E-state index in [2.05, 4.69) is 0 Å². The van der Waals surface area contributed by atoms with E-state index in [0.717, 1.165) is 47.3 Å². The van der Waals surface area contributed by atoms with Gasteiger partial charge in [0, 0.05) is 23.6 Å². The Bertz CT molecular complexity index is 918. The molecule has 0 N–H and O–H groups in total. The highest BCUT2D eigenvalue weighted by molar-refractivity contribution is 5.98. The third-order valence-electron chi connectivity index (χ3n) is 6.71. The van der Waals surface area contributed by atoms with Gasteiger partial charge in [-0.2, -0.15) is 0 Å². The van der Waals surface area contributed by atoms with Gasteiger partial charge in [0.25, 0.3) is 0 Å². The van der Waals surface area contributed by atoms with Gasteiger partial charge in [-0.05, 0) is 74.8 Å². The normalized spacial score (nSPS) is 22.7. The van der Waals surface area contributed by atoms with Crippen molar-refractivity contribution in [2.45, 2.75) is 64.6 Å². The molecule has 2 aliphatic rings. The van der Waals surface area contributed by atoms with Crippen LogP contribution in [0.5, 0.6) is 5.75 Å². The van der Waals surface area contributed by atoms with Crippen LogP contribution in [0.1, 0.15) is 59.2 Å². The summed E-state index contributed by atoms with van der Waals surface area (Å²) >= 11 is 0. The van der Waals surface area contributed by atoms with E-state index in [1.807, 2.05) is 61.2 Å². The molecule has 0 aromatic heterocycles. The van der Waals surface area contributed by atoms with E-state index >= 15 is 0 Å². The topological polar surface area (TPSA) is 55.8 Å². The monoisotopic (exact) mass is 421 g/mol. The first-order valence-corrected chi connectivity index (χ1v) is 11.2. The second kappa shape index (κ2) is 9.13. The lowest BCUT2D eigenvalue weighted by Gasteiger charge is -2.47. The minimum Gasteiger partial charge on any atom is -0.496 e. The molecule has 2 unspecified atom stereocenters. The molecule has 164 valence electrons. The highest BCUT2D eigenvalue weighted by Crippen LogP contribution is 2.39. The van der Waals surface area contributed by atoms with Gasteiger partial charge in [0.2, 0.25) is 0 Å². The molecular weight excluding hydrogens is 390 g/mol. The summed E-state index contributed by atoms with van der Waals surface area (Å²) in [7, 11) is 1.66. The summed E-state index contributed by atoms with van der Waals surface area (Å²) in [5.74, 6) is 0.966. The van der Waals surface area contributed by atoms with Crippen LogP contribution in [0.3, 0.4) is 0 Å². The molecule has 2 aliphatic heterocycles. The fourth-order valence-electron chi connectivity index (χ4n) is 5.34. The number of methoxy groups -OCH3 is 1. The fraction of sp³-hybridized carbons (Fsp3) is 0.462.